The van der Waals surface area contributed by atoms with Crippen LogP contribution in [0.15, 0.2) is 16.6 Å². The third kappa shape index (κ3) is 2.82. The third-order valence-corrected chi connectivity index (χ3v) is 3.86. The second-order valence-electron chi connectivity index (χ2n) is 4.28. The van der Waals surface area contributed by atoms with Gasteiger partial charge in [-0.05, 0) is 22.4 Å². The third-order valence-electron chi connectivity index (χ3n) is 2.94. The van der Waals surface area contributed by atoms with Gasteiger partial charge in [-0.3, -0.25) is 4.68 Å². The second kappa shape index (κ2) is 5.87. The molecule has 7 heteroatoms. The Balaban J connectivity index is 2.24. The van der Waals surface area contributed by atoms with Crippen LogP contribution in [0.2, 0.25) is 0 Å². The van der Waals surface area contributed by atoms with Crippen LogP contribution >= 0.6 is 15.9 Å². The molecule has 2 aromatic rings. The Bertz CT molecular complexity index is 617. The number of nitrogens with zero attached hydrogens (tertiary/aromatic N) is 2. The van der Waals surface area contributed by atoms with Gasteiger partial charge < -0.3 is 5.32 Å². The molecule has 2 rings (SSSR count). The van der Waals surface area contributed by atoms with E-state index in [4.69, 9.17) is 0 Å². The molecule has 0 spiro atoms. The van der Waals surface area contributed by atoms with E-state index in [2.05, 4.69) is 26.3 Å². The highest BCUT2D eigenvalue weighted by atomic mass is 79.9. The van der Waals surface area contributed by atoms with Gasteiger partial charge >= 0.3 is 0 Å². The van der Waals surface area contributed by atoms with Crippen LogP contribution in [0.5, 0.6) is 0 Å². The quantitative estimate of drug-likeness (QED) is 0.912. The average molecular weight is 348 g/mol. The predicted octanol–water partition coefficient (Wildman–Crippen LogP) is 3.77. The van der Waals surface area contributed by atoms with Crippen LogP contribution in [-0.2, 0) is 20.0 Å². The van der Waals surface area contributed by atoms with Crippen molar-refractivity contribution in [2.75, 3.05) is 5.32 Å². The summed E-state index contributed by atoms with van der Waals surface area (Å²) in [6.07, 6.45) is 0.744. The van der Waals surface area contributed by atoms with E-state index in [1.54, 1.807) is 11.7 Å². The summed E-state index contributed by atoms with van der Waals surface area (Å²) >= 11 is 3.41. The summed E-state index contributed by atoms with van der Waals surface area (Å²) in [6, 6.07) is 1.28. The molecule has 3 nitrogen and oxygen atoms in total. The normalized spacial score (nSPS) is 10.9. The lowest BCUT2D eigenvalue weighted by Gasteiger charge is -2.09. The monoisotopic (exact) mass is 347 g/mol. The largest absolute Gasteiger partial charge is 0.375 e. The first kappa shape index (κ1) is 14.9. The van der Waals surface area contributed by atoms with E-state index in [9.17, 15) is 13.2 Å². The Morgan fingerprint density at radius 2 is 1.85 bits per heavy atom. The lowest BCUT2D eigenvalue weighted by Crippen LogP contribution is -2.08. The van der Waals surface area contributed by atoms with Crippen molar-refractivity contribution in [1.82, 2.24) is 9.78 Å². The molecule has 20 heavy (non-hydrogen) atoms. The molecule has 0 radical (unpaired) electrons. The molecule has 1 N–H and O–H groups in total. The molecule has 0 saturated carbocycles. The fraction of sp³-hybridized carbons (Fsp3) is 0.308. The Morgan fingerprint density at radius 1 is 1.25 bits per heavy atom. The minimum atomic E-state index is -0.962. The first-order chi connectivity index (χ1) is 9.43. The zero-order valence-electron chi connectivity index (χ0n) is 11.0. The van der Waals surface area contributed by atoms with E-state index in [1.807, 2.05) is 6.92 Å². The number of hydrogen-bond donors (Lipinski definition) is 1. The number of nitrogens with one attached hydrogen (secondary N) is 1. The van der Waals surface area contributed by atoms with Gasteiger partial charge in [-0.15, -0.1) is 0 Å². The molecule has 0 atom stereocenters. The fourth-order valence-electron chi connectivity index (χ4n) is 1.90. The molecule has 0 amide bonds. The standard InChI is InChI=1S/C13H13BrF3N3/c1-3-10-12(14)11(20(2)19-10)6-18-13-8(16)4-7(15)5-9(13)17/h4-5,18H,3,6H2,1-2H3. The maximum Gasteiger partial charge on any atom is 0.152 e. The van der Waals surface area contributed by atoms with Gasteiger partial charge in [0, 0.05) is 19.2 Å². The first-order valence-electron chi connectivity index (χ1n) is 6.02. The van der Waals surface area contributed by atoms with Gasteiger partial charge in [-0.25, -0.2) is 13.2 Å². The topological polar surface area (TPSA) is 29.9 Å². The first-order valence-corrected chi connectivity index (χ1v) is 6.82. The average Bonchev–Trinajstić information content (AvgIpc) is 2.64. The predicted molar refractivity (Wildman–Crippen MR) is 73.9 cm³/mol. The molecule has 1 aromatic carbocycles. The van der Waals surface area contributed by atoms with Crippen molar-refractivity contribution in [3.05, 3.63) is 45.4 Å². The van der Waals surface area contributed by atoms with Crippen LogP contribution in [0.25, 0.3) is 0 Å². The fourth-order valence-corrected chi connectivity index (χ4v) is 2.65. The van der Waals surface area contributed by atoms with Crippen LogP contribution in [0.4, 0.5) is 18.9 Å². The van der Waals surface area contributed by atoms with E-state index >= 15 is 0 Å². The summed E-state index contributed by atoms with van der Waals surface area (Å²) in [5, 5.41) is 6.92. The van der Waals surface area contributed by atoms with E-state index in [0.29, 0.717) is 12.1 Å². The SMILES string of the molecule is CCc1nn(C)c(CNc2c(F)cc(F)cc2F)c1Br. The van der Waals surface area contributed by atoms with Crippen LogP contribution in [0.3, 0.4) is 0 Å². The molecule has 0 fully saturated rings. The lowest BCUT2D eigenvalue weighted by atomic mass is 10.2. The molecule has 1 heterocycles. The van der Waals surface area contributed by atoms with Crippen LogP contribution in [0, 0.1) is 17.5 Å². The summed E-state index contributed by atoms with van der Waals surface area (Å²) < 4.78 is 42.3. The number of aromatic nitrogens is 2. The molecule has 0 aliphatic rings. The highest BCUT2D eigenvalue weighted by molar-refractivity contribution is 9.10. The van der Waals surface area contributed by atoms with Crippen LogP contribution in [-0.4, -0.2) is 9.78 Å². The maximum absolute atomic E-state index is 13.5. The zero-order valence-corrected chi connectivity index (χ0v) is 12.6. The Labute approximate surface area is 122 Å². The summed E-state index contributed by atoms with van der Waals surface area (Å²) in [5.41, 5.74) is 1.27. The highest BCUT2D eigenvalue weighted by Gasteiger charge is 2.15. The highest BCUT2D eigenvalue weighted by Crippen LogP contribution is 2.25. The molecule has 0 aliphatic carbocycles. The second-order valence-corrected chi connectivity index (χ2v) is 5.08. The summed E-state index contributed by atoms with van der Waals surface area (Å²) in [4.78, 5) is 0. The number of anilines is 1. The molecule has 0 aliphatic heterocycles. The minimum absolute atomic E-state index is 0.170. The number of aryl methyl sites for hydroxylation is 2. The molecule has 0 bridgehead atoms. The molecule has 108 valence electrons. The van der Waals surface area contributed by atoms with E-state index in [1.165, 1.54) is 0 Å². The Hall–Kier alpha value is -1.50. The van der Waals surface area contributed by atoms with Gasteiger partial charge in [0.05, 0.1) is 22.4 Å². The van der Waals surface area contributed by atoms with E-state index in [-0.39, 0.29) is 12.2 Å². The van der Waals surface area contributed by atoms with Crippen molar-refractivity contribution in [2.24, 2.45) is 7.05 Å². The molecule has 1 aromatic heterocycles. The summed E-state index contributed by atoms with van der Waals surface area (Å²) in [6.45, 7) is 2.13. The summed E-state index contributed by atoms with van der Waals surface area (Å²) in [5.74, 6) is -2.87. The number of rotatable bonds is 4. The van der Waals surface area contributed by atoms with E-state index < -0.39 is 17.5 Å². The van der Waals surface area contributed by atoms with Crippen LogP contribution < -0.4 is 5.32 Å². The van der Waals surface area contributed by atoms with Gasteiger partial charge in [0.1, 0.15) is 11.5 Å². The Kier molecular flexibility index (Phi) is 4.37. The number of benzene rings is 1. The van der Waals surface area contributed by atoms with Crippen molar-refractivity contribution >= 4 is 21.6 Å². The van der Waals surface area contributed by atoms with Crippen molar-refractivity contribution in [1.29, 1.82) is 0 Å². The van der Waals surface area contributed by atoms with Crippen molar-refractivity contribution in [2.45, 2.75) is 19.9 Å². The van der Waals surface area contributed by atoms with Crippen molar-refractivity contribution in [3.8, 4) is 0 Å². The Morgan fingerprint density at radius 3 is 2.35 bits per heavy atom. The number of hydrogen-bond acceptors (Lipinski definition) is 2. The molecule has 0 unspecified atom stereocenters. The maximum atomic E-state index is 13.5. The van der Waals surface area contributed by atoms with Crippen molar-refractivity contribution < 1.29 is 13.2 Å². The summed E-state index contributed by atoms with van der Waals surface area (Å²) in [7, 11) is 1.75. The number of halogens is 4. The van der Waals surface area contributed by atoms with Gasteiger partial charge in [-0.2, -0.15) is 5.10 Å². The van der Waals surface area contributed by atoms with Gasteiger partial charge in [0.25, 0.3) is 0 Å². The van der Waals surface area contributed by atoms with Gasteiger partial charge in [0.2, 0.25) is 0 Å². The molecular formula is C13H13BrF3N3. The smallest absolute Gasteiger partial charge is 0.152 e. The van der Waals surface area contributed by atoms with E-state index in [0.717, 1.165) is 22.3 Å². The lowest BCUT2D eigenvalue weighted by molar-refractivity contribution is 0.546. The molecule has 0 saturated heterocycles. The zero-order chi connectivity index (χ0) is 14.9. The van der Waals surface area contributed by atoms with Crippen molar-refractivity contribution in [3.63, 3.8) is 0 Å². The minimum Gasteiger partial charge on any atom is -0.375 e. The molecular weight excluding hydrogens is 335 g/mol. The van der Waals surface area contributed by atoms with Crippen LogP contribution in [0.1, 0.15) is 18.3 Å². The van der Waals surface area contributed by atoms with Gasteiger partial charge in [-0.1, -0.05) is 6.92 Å². The van der Waals surface area contributed by atoms with Gasteiger partial charge in [0.15, 0.2) is 11.6 Å².